The Kier molecular flexibility index (Phi) is 5.86. The van der Waals surface area contributed by atoms with Gasteiger partial charge in [-0.1, -0.05) is 0 Å². The number of hydrazine groups is 1. The summed E-state index contributed by atoms with van der Waals surface area (Å²) in [5.74, 6) is -1.96. The number of Topliss-reactive ketones (excluding diaryl/α,β-unsaturated/α-hetero) is 1. The van der Waals surface area contributed by atoms with E-state index in [-0.39, 0.29) is 29.7 Å². The van der Waals surface area contributed by atoms with E-state index < -0.39 is 35.0 Å². The van der Waals surface area contributed by atoms with Crippen LogP contribution in [0.25, 0.3) is 0 Å². The molecule has 0 N–H and O–H groups in total. The van der Waals surface area contributed by atoms with E-state index in [0.717, 1.165) is 17.1 Å². The van der Waals surface area contributed by atoms with Crippen molar-refractivity contribution >= 4 is 29.2 Å². The molecule has 0 unspecified atom stereocenters. The Morgan fingerprint density at radius 3 is 2.03 bits per heavy atom. The van der Waals surface area contributed by atoms with Crippen molar-refractivity contribution < 1.29 is 28.8 Å². The lowest BCUT2D eigenvalue weighted by molar-refractivity contribution is -0.384. The zero-order valence-corrected chi connectivity index (χ0v) is 15.9. The van der Waals surface area contributed by atoms with E-state index in [4.69, 9.17) is 4.74 Å². The molecule has 0 spiro atoms. The lowest BCUT2D eigenvalue weighted by Gasteiger charge is -2.29. The number of methoxy groups -OCH3 is 1. The van der Waals surface area contributed by atoms with Crippen LogP contribution in [0.15, 0.2) is 48.5 Å². The van der Waals surface area contributed by atoms with Crippen LogP contribution >= 0.6 is 0 Å². The van der Waals surface area contributed by atoms with E-state index in [2.05, 4.69) is 0 Å². The fourth-order valence-corrected chi connectivity index (χ4v) is 2.95. The van der Waals surface area contributed by atoms with Crippen molar-refractivity contribution in [3.63, 3.8) is 0 Å². The van der Waals surface area contributed by atoms with E-state index in [1.165, 1.54) is 31.4 Å². The molecule has 0 atom stereocenters. The third-order valence-electron chi connectivity index (χ3n) is 4.53. The van der Waals surface area contributed by atoms with E-state index in [1.54, 1.807) is 12.1 Å². The average Bonchev–Trinajstić information content (AvgIpc) is 3.09. The number of ketones is 1. The van der Waals surface area contributed by atoms with Crippen LogP contribution in [0.4, 0.5) is 5.69 Å². The number of non-ortho nitro benzene ring substituents is 1. The van der Waals surface area contributed by atoms with Gasteiger partial charge in [0.25, 0.3) is 11.6 Å². The second kappa shape index (κ2) is 8.52. The standard InChI is InChI=1S/C20H17N3O7/c1-30-16-8-4-13(5-9-16)17(24)12-21(22-18(25)10-11-19(22)26)20(27)14-2-6-15(7-3-14)23(28)29/h2-9H,10-12H2,1H3. The molecule has 1 aliphatic heterocycles. The van der Waals surface area contributed by atoms with Crippen LogP contribution in [0.5, 0.6) is 5.75 Å². The van der Waals surface area contributed by atoms with Crippen LogP contribution in [0, 0.1) is 10.1 Å². The van der Waals surface area contributed by atoms with Crippen LogP contribution in [0.2, 0.25) is 0 Å². The number of carbonyl (C=O) groups excluding carboxylic acids is 4. The second-order valence-corrected chi connectivity index (χ2v) is 6.42. The smallest absolute Gasteiger partial charge is 0.273 e. The number of imide groups is 1. The van der Waals surface area contributed by atoms with Crippen molar-refractivity contribution in [3.8, 4) is 5.75 Å². The van der Waals surface area contributed by atoms with E-state index >= 15 is 0 Å². The van der Waals surface area contributed by atoms with Crippen LogP contribution in [-0.2, 0) is 9.59 Å². The van der Waals surface area contributed by atoms with Gasteiger partial charge >= 0.3 is 0 Å². The van der Waals surface area contributed by atoms with Crippen LogP contribution in [0.3, 0.4) is 0 Å². The number of rotatable bonds is 7. The highest BCUT2D eigenvalue weighted by Gasteiger charge is 2.38. The lowest BCUT2D eigenvalue weighted by atomic mass is 10.1. The van der Waals surface area contributed by atoms with Gasteiger partial charge in [0.05, 0.1) is 12.0 Å². The van der Waals surface area contributed by atoms with Gasteiger partial charge in [0.15, 0.2) is 5.78 Å². The molecule has 0 saturated carbocycles. The van der Waals surface area contributed by atoms with Gasteiger partial charge in [-0.05, 0) is 36.4 Å². The normalized spacial score (nSPS) is 13.3. The maximum atomic E-state index is 13.0. The number of ether oxygens (including phenoxy) is 1. The van der Waals surface area contributed by atoms with Crippen molar-refractivity contribution in [2.24, 2.45) is 0 Å². The molecule has 0 aliphatic carbocycles. The van der Waals surface area contributed by atoms with E-state index in [0.29, 0.717) is 10.8 Å². The Labute approximate surface area is 170 Å². The molecule has 0 aromatic heterocycles. The number of nitro groups is 1. The highest BCUT2D eigenvalue weighted by atomic mass is 16.6. The molecule has 10 heteroatoms. The molecule has 1 heterocycles. The molecule has 154 valence electrons. The monoisotopic (exact) mass is 411 g/mol. The minimum absolute atomic E-state index is 0.00405. The number of amides is 3. The zero-order valence-electron chi connectivity index (χ0n) is 15.9. The van der Waals surface area contributed by atoms with Gasteiger partial charge < -0.3 is 4.74 Å². The molecular formula is C20H17N3O7. The molecule has 1 fully saturated rings. The van der Waals surface area contributed by atoms with Crippen molar-refractivity contribution in [1.82, 2.24) is 10.0 Å². The summed E-state index contributed by atoms with van der Waals surface area (Å²) >= 11 is 0. The Balaban J connectivity index is 1.90. The van der Waals surface area contributed by atoms with Crippen molar-refractivity contribution in [2.45, 2.75) is 12.8 Å². The van der Waals surface area contributed by atoms with Crippen LogP contribution in [-0.4, -0.2) is 52.1 Å². The summed E-state index contributed by atoms with van der Waals surface area (Å²) in [6.45, 7) is -0.556. The van der Waals surface area contributed by atoms with Gasteiger partial charge in [-0.25, -0.2) is 5.01 Å². The van der Waals surface area contributed by atoms with Crippen molar-refractivity contribution in [2.75, 3.05) is 13.7 Å². The highest BCUT2D eigenvalue weighted by molar-refractivity contribution is 6.07. The number of nitro benzene ring substituents is 1. The van der Waals surface area contributed by atoms with Crippen molar-refractivity contribution in [1.29, 1.82) is 0 Å². The largest absolute Gasteiger partial charge is 0.497 e. The average molecular weight is 411 g/mol. The van der Waals surface area contributed by atoms with Crippen LogP contribution in [0.1, 0.15) is 33.6 Å². The number of hydrogen-bond donors (Lipinski definition) is 0. The number of hydrogen-bond acceptors (Lipinski definition) is 7. The van der Waals surface area contributed by atoms with Gasteiger partial charge in [-0.3, -0.25) is 29.3 Å². The first-order valence-electron chi connectivity index (χ1n) is 8.91. The summed E-state index contributed by atoms with van der Waals surface area (Å²) in [7, 11) is 1.48. The topological polar surface area (TPSA) is 127 Å². The minimum atomic E-state index is -0.796. The SMILES string of the molecule is COc1ccc(C(=O)CN(C(=O)c2ccc([N+](=O)[O-])cc2)N2C(=O)CCC2=O)cc1. The quantitative estimate of drug-likeness (QED) is 0.295. The number of carbonyl (C=O) groups is 4. The molecule has 1 aliphatic rings. The van der Waals surface area contributed by atoms with Gasteiger partial charge in [-0.15, -0.1) is 0 Å². The van der Waals surface area contributed by atoms with E-state index in [1.807, 2.05) is 0 Å². The lowest BCUT2D eigenvalue weighted by Crippen LogP contribution is -2.51. The third-order valence-corrected chi connectivity index (χ3v) is 4.53. The van der Waals surface area contributed by atoms with Crippen molar-refractivity contribution in [3.05, 3.63) is 69.8 Å². The van der Waals surface area contributed by atoms with Gasteiger partial charge in [0.2, 0.25) is 11.8 Å². The highest BCUT2D eigenvalue weighted by Crippen LogP contribution is 2.20. The second-order valence-electron chi connectivity index (χ2n) is 6.42. The predicted octanol–water partition coefficient (Wildman–Crippen LogP) is 1.99. The first kappa shape index (κ1) is 20.6. The molecule has 0 radical (unpaired) electrons. The maximum Gasteiger partial charge on any atom is 0.273 e. The van der Waals surface area contributed by atoms with Crippen LogP contribution < -0.4 is 4.74 Å². The van der Waals surface area contributed by atoms with E-state index in [9.17, 15) is 29.3 Å². The number of nitrogens with zero attached hydrogens (tertiary/aromatic N) is 3. The molecule has 0 bridgehead atoms. The molecule has 3 rings (SSSR count). The Morgan fingerprint density at radius 1 is 1.00 bits per heavy atom. The van der Waals surface area contributed by atoms with Gasteiger partial charge in [-0.2, -0.15) is 5.01 Å². The third kappa shape index (κ3) is 4.17. The zero-order chi connectivity index (χ0) is 21.8. The molecule has 1 saturated heterocycles. The summed E-state index contributed by atoms with van der Waals surface area (Å²) in [5, 5.41) is 12.3. The summed E-state index contributed by atoms with van der Waals surface area (Å²) in [5.41, 5.74) is 0.0350. The molecular weight excluding hydrogens is 394 g/mol. The molecule has 3 amide bonds. The summed E-state index contributed by atoms with van der Waals surface area (Å²) in [4.78, 5) is 60.3. The Hall–Kier alpha value is -4.08. The first-order valence-corrected chi connectivity index (χ1v) is 8.91. The van der Waals surface area contributed by atoms with Gasteiger partial charge in [0.1, 0.15) is 12.3 Å². The maximum absolute atomic E-state index is 13.0. The molecule has 10 nitrogen and oxygen atoms in total. The predicted molar refractivity (Wildman–Crippen MR) is 103 cm³/mol. The summed E-state index contributed by atoms with van der Waals surface area (Å²) < 4.78 is 5.04. The summed E-state index contributed by atoms with van der Waals surface area (Å²) in [6.07, 6.45) is -0.140. The molecule has 2 aromatic rings. The minimum Gasteiger partial charge on any atom is -0.497 e. The summed E-state index contributed by atoms with van der Waals surface area (Å²) in [6, 6.07) is 10.8. The first-order chi connectivity index (χ1) is 14.3. The molecule has 30 heavy (non-hydrogen) atoms. The van der Waals surface area contributed by atoms with Gasteiger partial charge in [0, 0.05) is 36.1 Å². The Morgan fingerprint density at radius 2 is 1.53 bits per heavy atom. The fourth-order valence-electron chi connectivity index (χ4n) is 2.95. The number of benzene rings is 2. The fraction of sp³-hybridized carbons (Fsp3) is 0.200. The Bertz CT molecular complexity index is 1000. The molecule has 2 aromatic carbocycles.